The lowest BCUT2D eigenvalue weighted by Gasteiger charge is -2.65. The van der Waals surface area contributed by atoms with Gasteiger partial charge in [-0.25, -0.2) is 0 Å². The molecule has 4 aliphatic rings. The summed E-state index contributed by atoms with van der Waals surface area (Å²) in [4.78, 5) is 10.8. The second kappa shape index (κ2) is 6.69. The topological polar surface area (TPSA) is 35.5 Å². The van der Waals surface area contributed by atoms with Gasteiger partial charge >= 0.3 is 0 Å². The zero-order chi connectivity index (χ0) is 19.3. The molecule has 0 radical (unpaired) electrons. The second-order valence-corrected chi connectivity index (χ2v) is 10.6. The van der Waals surface area contributed by atoms with Gasteiger partial charge < -0.3 is 14.3 Å². The lowest BCUT2D eigenvalue weighted by Crippen LogP contribution is -2.62. The molecule has 152 valence electrons. The minimum absolute atomic E-state index is 0.0309. The van der Waals surface area contributed by atoms with E-state index in [1.165, 1.54) is 38.5 Å². The molecule has 27 heavy (non-hydrogen) atoms. The van der Waals surface area contributed by atoms with E-state index >= 15 is 0 Å². The van der Waals surface area contributed by atoms with Crippen molar-refractivity contribution >= 4 is 6.29 Å². The Bertz CT molecular complexity index is 615. The van der Waals surface area contributed by atoms with E-state index in [1.807, 2.05) is 0 Å². The van der Waals surface area contributed by atoms with E-state index in [0.717, 1.165) is 44.7 Å². The fourth-order valence-electron chi connectivity index (χ4n) is 7.73. The van der Waals surface area contributed by atoms with Gasteiger partial charge in [-0.05, 0) is 67.6 Å². The highest BCUT2D eigenvalue weighted by molar-refractivity contribution is 5.49. The minimum Gasteiger partial charge on any atom is -0.347 e. The first-order valence-electron chi connectivity index (χ1n) is 11.2. The Morgan fingerprint density at radius 1 is 1.04 bits per heavy atom. The van der Waals surface area contributed by atoms with Gasteiger partial charge in [-0.1, -0.05) is 39.3 Å². The van der Waals surface area contributed by atoms with E-state index in [9.17, 15) is 4.79 Å². The van der Waals surface area contributed by atoms with E-state index in [1.54, 1.807) is 5.57 Å². The summed E-state index contributed by atoms with van der Waals surface area (Å²) in [7, 11) is 0. The molecular formula is C24H38O3. The number of carbonyl (C=O) groups excluding carboxylic acids is 1. The zero-order valence-electron chi connectivity index (χ0n) is 17.8. The summed E-state index contributed by atoms with van der Waals surface area (Å²) in [5.74, 6) is 0.960. The highest BCUT2D eigenvalue weighted by Crippen LogP contribution is 2.70. The molecule has 3 aliphatic carbocycles. The van der Waals surface area contributed by atoms with Crippen molar-refractivity contribution in [3.63, 3.8) is 0 Å². The molecule has 2 saturated carbocycles. The van der Waals surface area contributed by atoms with Crippen LogP contribution in [0.25, 0.3) is 0 Å². The monoisotopic (exact) mass is 374 g/mol. The van der Waals surface area contributed by atoms with Crippen molar-refractivity contribution in [1.82, 2.24) is 0 Å². The van der Waals surface area contributed by atoms with Crippen molar-refractivity contribution in [3.8, 4) is 0 Å². The molecule has 1 spiro atoms. The molecule has 0 aromatic carbocycles. The number of rotatable bonds is 4. The number of ether oxygens (including phenoxy) is 2. The first kappa shape index (κ1) is 19.6. The highest BCUT2D eigenvalue weighted by atomic mass is 16.7. The smallest absolute Gasteiger partial charge is 0.173 e. The maximum atomic E-state index is 10.8. The number of hydrogen-bond acceptors (Lipinski definition) is 3. The maximum absolute atomic E-state index is 10.8. The van der Waals surface area contributed by atoms with Crippen molar-refractivity contribution in [2.75, 3.05) is 13.2 Å². The predicted molar refractivity (Wildman–Crippen MR) is 107 cm³/mol. The Labute approximate surface area is 165 Å². The maximum Gasteiger partial charge on any atom is 0.173 e. The number of unbranched alkanes of at least 4 members (excludes halogenated alkanes) is 1. The number of fused-ring (bicyclic) bond motifs is 3. The van der Waals surface area contributed by atoms with Crippen LogP contribution in [0.5, 0.6) is 0 Å². The number of hydrogen-bond donors (Lipinski definition) is 0. The molecule has 3 fully saturated rings. The van der Waals surface area contributed by atoms with E-state index in [0.29, 0.717) is 11.3 Å². The summed E-state index contributed by atoms with van der Waals surface area (Å²) >= 11 is 0. The SMILES string of the molecule is CC12CC[C@H]3C(C)(C)C4(CC[C@]3(C)C1=CCCC2CCCC=O)OCCO4. The molecule has 3 heteroatoms. The van der Waals surface area contributed by atoms with Crippen molar-refractivity contribution in [3.05, 3.63) is 11.6 Å². The Morgan fingerprint density at radius 2 is 1.78 bits per heavy atom. The number of carbonyl (C=O) groups is 1. The minimum atomic E-state index is -0.372. The lowest BCUT2D eigenvalue weighted by atomic mass is 9.41. The van der Waals surface area contributed by atoms with Gasteiger partial charge in [0, 0.05) is 18.3 Å². The molecule has 0 amide bonds. The van der Waals surface area contributed by atoms with Crippen LogP contribution in [0, 0.1) is 28.1 Å². The molecule has 4 atom stereocenters. The predicted octanol–water partition coefficient (Wildman–Crippen LogP) is 5.68. The van der Waals surface area contributed by atoms with E-state index < -0.39 is 0 Å². The third kappa shape index (κ3) is 2.71. The van der Waals surface area contributed by atoms with Crippen molar-refractivity contribution < 1.29 is 14.3 Å². The summed E-state index contributed by atoms with van der Waals surface area (Å²) in [6.07, 6.45) is 13.9. The van der Waals surface area contributed by atoms with Crippen LogP contribution in [0.2, 0.25) is 0 Å². The number of allylic oxidation sites excluding steroid dienone is 2. The van der Waals surface area contributed by atoms with Gasteiger partial charge in [0.05, 0.1) is 13.2 Å². The third-order valence-corrected chi connectivity index (χ3v) is 9.17. The normalized spacial score (nSPS) is 42.3. The second-order valence-electron chi connectivity index (χ2n) is 10.6. The van der Waals surface area contributed by atoms with Crippen molar-refractivity contribution in [2.24, 2.45) is 28.1 Å². The van der Waals surface area contributed by atoms with Crippen LogP contribution >= 0.6 is 0 Å². The molecule has 0 aromatic rings. The van der Waals surface area contributed by atoms with Crippen molar-refractivity contribution in [1.29, 1.82) is 0 Å². The Balaban J connectivity index is 1.65. The molecule has 0 N–H and O–H groups in total. The van der Waals surface area contributed by atoms with Gasteiger partial charge in [0.2, 0.25) is 0 Å². The fraction of sp³-hybridized carbons (Fsp3) is 0.875. The highest BCUT2D eigenvalue weighted by Gasteiger charge is 2.66. The third-order valence-electron chi connectivity index (χ3n) is 9.17. The average Bonchev–Trinajstić information content (AvgIpc) is 3.11. The number of aldehydes is 1. The Hall–Kier alpha value is -0.670. The summed E-state index contributed by atoms with van der Waals surface area (Å²) < 4.78 is 12.5. The lowest BCUT2D eigenvalue weighted by molar-refractivity contribution is -0.285. The first-order valence-corrected chi connectivity index (χ1v) is 11.2. The van der Waals surface area contributed by atoms with Gasteiger partial charge in [-0.2, -0.15) is 0 Å². The quantitative estimate of drug-likeness (QED) is 0.361. The molecule has 4 rings (SSSR count). The van der Waals surface area contributed by atoms with Crippen LogP contribution in [0.1, 0.15) is 85.5 Å². The largest absolute Gasteiger partial charge is 0.347 e. The molecular weight excluding hydrogens is 336 g/mol. The fourth-order valence-corrected chi connectivity index (χ4v) is 7.73. The van der Waals surface area contributed by atoms with Crippen molar-refractivity contribution in [2.45, 2.75) is 91.3 Å². The summed E-state index contributed by atoms with van der Waals surface area (Å²) in [5.41, 5.74) is 2.32. The molecule has 3 nitrogen and oxygen atoms in total. The molecule has 1 saturated heterocycles. The van der Waals surface area contributed by atoms with Gasteiger partial charge in [0.25, 0.3) is 0 Å². The van der Waals surface area contributed by atoms with E-state index in [2.05, 4.69) is 33.8 Å². The van der Waals surface area contributed by atoms with Crippen LogP contribution < -0.4 is 0 Å². The Morgan fingerprint density at radius 3 is 2.48 bits per heavy atom. The van der Waals surface area contributed by atoms with Crippen LogP contribution in [0.3, 0.4) is 0 Å². The van der Waals surface area contributed by atoms with Gasteiger partial charge in [-0.15, -0.1) is 0 Å². The van der Waals surface area contributed by atoms with Crippen LogP contribution in [-0.4, -0.2) is 25.3 Å². The molecule has 0 bridgehead atoms. The standard InChI is InChI=1S/C24H38O3/c1-21(2)19-11-12-22(3)18(8-5-6-15-25)9-7-10-20(22)23(19,4)13-14-24(21)26-16-17-27-24/h10,15,18-19H,5-9,11-14,16-17H2,1-4H3/t18?,19-,22?,23-/m0/s1. The molecule has 2 unspecified atom stereocenters. The summed E-state index contributed by atoms with van der Waals surface area (Å²) in [6, 6.07) is 0. The van der Waals surface area contributed by atoms with Gasteiger partial charge in [0.1, 0.15) is 6.29 Å². The van der Waals surface area contributed by atoms with E-state index in [-0.39, 0.29) is 16.6 Å². The van der Waals surface area contributed by atoms with Crippen LogP contribution in [0.4, 0.5) is 0 Å². The van der Waals surface area contributed by atoms with Crippen LogP contribution in [0.15, 0.2) is 11.6 Å². The first-order chi connectivity index (χ1) is 12.8. The summed E-state index contributed by atoms with van der Waals surface area (Å²) in [6.45, 7) is 11.4. The van der Waals surface area contributed by atoms with Gasteiger partial charge in [0.15, 0.2) is 5.79 Å². The molecule has 1 heterocycles. The molecule has 1 aliphatic heterocycles. The molecule has 0 aromatic heterocycles. The van der Waals surface area contributed by atoms with Crippen LogP contribution in [-0.2, 0) is 14.3 Å². The zero-order valence-corrected chi connectivity index (χ0v) is 17.8. The van der Waals surface area contributed by atoms with E-state index in [4.69, 9.17) is 9.47 Å². The average molecular weight is 375 g/mol. The summed E-state index contributed by atoms with van der Waals surface area (Å²) in [5, 5.41) is 0. The Kier molecular flexibility index (Phi) is 4.87. The van der Waals surface area contributed by atoms with Gasteiger partial charge in [-0.3, -0.25) is 0 Å².